The molecule has 0 bridgehead atoms. The fourth-order valence-corrected chi connectivity index (χ4v) is 3.19. The highest BCUT2D eigenvalue weighted by Gasteiger charge is 2.24. The molecule has 2 aromatic carbocycles. The fraction of sp³-hybridized carbons (Fsp3) is 0.333. The van der Waals surface area contributed by atoms with Crippen molar-refractivity contribution in [2.24, 2.45) is 0 Å². The number of anilines is 1. The van der Waals surface area contributed by atoms with Gasteiger partial charge in [0.15, 0.2) is 0 Å². The standard InChI is InChI=1S/C21H24FN3O2/c1-15-6-5-9-19(16(15)2)23-20(26)14-24-10-12-25(13-11-24)21(27)17-7-3-4-8-18(17)22/h3-9H,10-14H2,1-2H3,(H,23,26). The van der Waals surface area contributed by atoms with Crippen LogP contribution in [0.15, 0.2) is 42.5 Å². The molecule has 0 atom stereocenters. The van der Waals surface area contributed by atoms with Crippen molar-refractivity contribution < 1.29 is 14.0 Å². The number of aryl methyl sites for hydroxylation is 1. The van der Waals surface area contributed by atoms with Crippen LogP contribution in [0, 0.1) is 19.7 Å². The number of halogens is 1. The monoisotopic (exact) mass is 369 g/mol. The Hall–Kier alpha value is -2.73. The molecule has 1 aliphatic heterocycles. The number of benzene rings is 2. The molecule has 6 heteroatoms. The molecule has 0 aromatic heterocycles. The van der Waals surface area contributed by atoms with E-state index in [-0.39, 0.29) is 23.9 Å². The summed E-state index contributed by atoms with van der Waals surface area (Å²) in [6, 6.07) is 11.8. The van der Waals surface area contributed by atoms with Gasteiger partial charge in [-0.15, -0.1) is 0 Å². The summed E-state index contributed by atoms with van der Waals surface area (Å²) < 4.78 is 13.8. The molecule has 0 saturated carbocycles. The Bertz CT molecular complexity index is 845. The first-order valence-electron chi connectivity index (χ1n) is 9.08. The second-order valence-electron chi connectivity index (χ2n) is 6.84. The lowest BCUT2D eigenvalue weighted by Crippen LogP contribution is -2.50. The van der Waals surface area contributed by atoms with E-state index in [0.29, 0.717) is 26.2 Å². The van der Waals surface area contributed by atoms with E-state index in [0.717, 1.165) is 16.8 Å². The smallest absolute Gasteiger partial charge is 0.256 e. The summed E-state index contributed by atoms with van der Waals surface area (Å²) >= 11 is 0. The number of nitrogens with zero attached hydrogens (tertiary/aromatic N) is 2. The van der Waals surface area contributed by atoms with Crippen molar-refractivity contribution >= 4 is 17.5 Å². The molecule has 5 nitrogen and oxygen atoms in total. The van der Waals surface area contributed by atoms with Crippen LogP contribution in [-0.2, 0) is 4.79 Å². The quantitative estimate of drug-likeness (QED) is 0.902. The summed E-state index contributed by atoms with van der Waals surface area (Å²) in [6.07, 6.45) is 0. The van der Waals surface area contributed by atoms with Crippen LogP contribution in [0.3, 0.4) is 0 Å². The van der Waals surface area contributed by atoms with E-state index in [9.17, 15) is 14.0 Å². The molecule has 2 aromatic rings. The van der Waals surface area contributed by atoms with E-state index in [1.807, 2.05) is 36.9 Å². The Morgan fingerprint density at radius 3 is 2.41 bits per heavy atom. The zero-order chi connectivity index (χ0) is 19.4. The van der Waals surface area contributed by atoms with Crippen LogP contribution in [-0.4, -0.2) is 54.3 Å². The molecular weight excluding hydrogens is 345 g/mol. The van der Waals surface area contributed by atoms with Gasteiger partial charge in [0.1, 0.15) is 5.82 Å². The number of piperazine rings is 1. The van der Waals surface area contributed by atoms with E-state index >= 15 is 0 Å². The summed E-state index contributed by atoms with van der Waals surface area (Å²) in [4.78, 5) is 28.4. The number of rotatable bonds is 4. The molecule has 1 saturated heterocycles. The Balaban J connectivity index is 1.52. The molecule has 1 heterocycles. The van der Waals surface area contributed by atoms with Crippen molar-refractivity contribution in [3.05, 3.63) is 65.0 Å². The normalized spacial score (nSPS) is 14.9. The van der Waals surface area contributed by atoms with Crippen LogP contribution in [0.2, 0.25) is 0 Å². The lowest BCUT2D eigenvalue weighted by Gasteiger charge is -2.34. The predicted molar refractivity (Wildman–Crippen MR) is 103 cm³/mol. The molecular formula is C21H24FN3O2. The lowest BCUT2D eigenvalue weighted by atomic mass is 10.1. The van der Waals surface area contributed by atoms with E-state index in [2.05, 4.69) is 5.32 Å². The van der Waals surface area contributed by atoms with Crippen LogP contribution in [0.4, 0.5) is 10.1 Å². The average Bonchev–Trinajstić information content (AvgIpc) is 2.66. The predicted octanol–water partition coefficient (Wildman–Crippen LogP) is 2.84. The topological polar surface area (TPSA) is 52.7 Å². The summed E-state index contributed by atoms with van der Waals surface area (Å²) in [5, 5.41) is 2.95. The zero-order valence-corrected chi connectivity index (χ0v) is 15.7. The maximum atomic E-state index is 13.8. The van der Waals surface area contributed by atoms with Gasteiger partial charge in [0.05, 0.1) is 12.1 Å². The number of nitrogens with one attached hydrogen (secondary N) is 1. The zero-order valence-electron chi connectivity index (χ0n) is 15.7. The second kappa shape index (κ2) is 8.31. The van der Waals surface area contributed by atoms with Crippen LogP contribution in [0.5, 0.6) is 0 Å². The van der Waals surface area contributed by atoms with E-state index in [1.165, 1.54) is 12.1 Å². The summed E-state index contributed by atoms with van der Waals surface area (Å²) in [6.45, 7) is 6.39. The molecule has 0 unspecified atom stereocenters. The van der Waals surface area contributed by atoms with E-state index in [4.69, 9.17) is 0 Å². The van der Waals surface area contributed by atoms with Gasteiger partial charge in [-0.1, -0.05) is 24.3 Å². The first-order valence-corrected chi connectivity index (χ1v) is 9.08. The maximum absolute atomic E-state index is 13.8. The van der Waals surface area contributed by atoms with Crippen molar-refractivity contribution in [1.82, 2.24) is 9.80 Å². The Kier molecular flexibility index (Phi) is 5.86. The first-order chi connectivity index (χ1) is 13.0. The molecule has 2 amide bonds. The molecule has 0 aliphatic carbocycles. The highest BCUT2D eigenvalue weighted by molar-refractivity contribution is 5.95. The Morgan fingerprint density at radius 1 is 1.00 bits per heavy atom. The minimum Gasteiger partial charge on any atom is -0.336 e. The largest absolute Gasteiger partial charge is 0.336 e. The number of hydrogen-bond acceptors (Lipinski definition) is 3. The Morgan fingerprint density at radius 2 is 1.70 bits per heavy atom. The van der Waals surface area contributed by atoms with Crippen molar-refractivity contribution in [1.29, 1.82) is 0 Å². The number of amides is 2. The van der Waals surface area contributed by atoms with Crippen molar-refractivity contribution in [2.75, 3.05) is 38.0 Å². The maximum Gasteiger partial charge on any atom is 0.256 e. The second-order valence-corrected chi connectivity index (χ2v) is 6.84. The third-order valence-corrected chi connectivity index (χ3v) is 5.01. The molecule has 0 spiro atoms. The van der Waals surface area contributed by atoms with Crippen molar-refractivity contribution in [2.45, 2.75) is 13.8 Å². The van der Waals surface area contributed by atoms with Crippen LogP contribution in [0.25, 0.3) is 0 Å². The third kappa shape index (κ3) is 4.52. The van der Waals surface area contributed by atoms with Gasteiger partial charge in [-0.2, -0.15) is 0 Å². The summed E-state index contributed by atoms with van der Waals surface area (Å²) in [7, 11) is 0. The van der Waals surface area contributed by atoms with Crippen molar-refractivity contribution in [3.8, 4) is 0 Å². The highest BCUT2D eigenvalue weighted by atomic mass is 19.1. The number of carbonyl (C=O) groups is 2. The van der Waals surface area contributed by atoms with Crippen LogP contribution in [0.1, 0.15) is 21.5 Å². The molecule has 142 valence electrons. The SMILES string of the molecule is Cc1cccc(NC(=O)CN2CCN(C(=O)c3ccccc3F)CC2)c1C. The number of hydrogen-bond donors (Lipinski definition) is 1. The van der Waals surface area contributed by atoms with E-state index < -0.39 is 5.82 Å². The third-order valence-electron chi connectivity index (χ3n) is 5.01. The highest BCUT2D eigenvalue weighted by Crippen LogP contribution is 2.18. The molecule has 3 rings (SSSR count). The van der Waals surface area contributed by atoms with Gasteiger partial charge in [0.25, 0.3) is 5.91 Å². The van der Waals surface area contributed by atoms with Gasteiger partial charge in [0, 0.05) is 31.9 Å². The minimum absolute atomic E-state index is 0.0717. The van der Waals surface area contributed by atoms with Gasteiger partial charge in [0.2, 0.25) is 5.91 Å². The Labute approximate surface area is 158 Å². The summed E-state index contributed by atoms with van der Waals surface area (Å²) in [5.41, 5.74) is 3.12. The summed E-state index contributed by atoms with van der Waals surface area (Å²) in [5.74, 6) is -0.872. The number of carbonyl (C=O) groups excluding carboxylic acids is 2. The lowest BCUT2D eigenvalue weighted by molar-refractivity contribution is -0.117. The molecule has 0 radical (unpaired) electrons. The minimum atomic E-state index is -0.502. The fourth-order valence-electron chi connectivity index (χ4n) is 3.19. The molecule has 1 fully saturated rings. The van der Waals surface area contributed by atoms with Crippen LogP contribution >= 0.6 is 0 Å². The van der Waals surface area contributed by atoms with Gasteiger partial charge in [-0.3, -0.25) is 14.5 Å². The van der Waals surface area contributed by atoms with Gasteiger partial charge in [-0.25, -0.2) is 4.39 Å². The first kappa shape index (κ1) is 19.0. The molecule has 27 heavy (non-hydrogen) atoms. The molecule has 1 aliphatic rings. The van der Waals surface area contributed by atoms with Crippen LogP contribution < -0.4 is 5.32 Å². The average molecular weight is 369 g/mol. The van der Waals surface area contributed by atoms with Gasteiger partial charge in [-0.05, 0) is 43.2 Å². The van der Waals surface area contributed by atoms with E-state index in [1.54, 1.807) is 17.0 Å². The van der Waals surface area contributed by atoms with Gasteiger partial charge >= 0.3 is 0 Å². The van der Waals surface area contributed by atoms with Gasteiger partial charge < -0.3 is 10.2 Å². The van der Waals surface area contributed by atoms with Crippen molar-refractivity contribution in [3.63, 3.8) is 0 Å². The molecule has 1 N–H and O–H groups in total.